The molecule has 2 heterocycles. The summed E-state index contributed by atoms with van der Waals surface area (Å²) in [5, 5.41) is 2.69. The van der Waals surface area contributed by atoms with Gasteiger partial charge in [0.05, 0.1) is 16.7 Å². The van der Waals surface area contributed by atoms with Crippen LogP contribution < -0.4 is 0 Å². The molecule has 0 atom stereocenters. The van der Waals surface area contributed by atoms with E-state index in [1.807, 2.05) is 11.3 Å². The van der Waals surface area contributed by atoms with Crippen molar-refractivity contribution >= 4 is 42.5 Å². The molecule has 7 aromatic rings. The maximum absolute atomic E-state index is 5.38. The minimum Gasteiger partial charge on any atom is -0.292 e. The van der Waals surface area contributed by atoms with Gasteiger partial charge >= 0.3 is 0 Å². The molecule has 0 spiro atoms. The first-order valence-corrected chi connectivity index (χ1v) is 15.8. The Kier molecular flexibility index (Phi) is 6.51. The van der Waals surface area contributed by atoms with Crippen LogP contribution in [0.4, 0.5) is 0 Å². The first kappa shape index (κ1) is 26.7. The molecule has 3 heteroatoms. The zero-order valence-electron chi connectivity index (χ0n) is 25.2. The molecule has 0 amide bonds. The van der Waals surface area contributed by atoms with Crippen LogP contribution in [0.1, 0.15) is 61.8 Å². The second-order valence-electron chi connectivity index (χ2n) is 12.1. The van der Waals surface area contributed by atoms with Gasteiger partial charge in [0.15, 0.2) is 0 Å². The fraction of sp³-hybridized carbons (Fsp3) is 0.205. The molecule has 0 aliphatic heterocycles. The Morgan fingerprint density at radius 3 is 2.02 bits per heavy atom. The Morgan fingerprint density at radius 1 is 0.643 bits per heavy atom. The highest BCUT2D eigenvalue weighted by atomic mass is 32.1. The third kappa shape index (κ3) is 4.18. The molecule has 0 bridgehead atoms. The van der Waals surface area contributed by atoms with Gasteiger partial charge in [-0.3, -0.25) is 4.57 Å². The Labute approximate surface area is 252 Å². The average molecular weight is 565 g/mol. The van der Waals surface area contributed by atoms with Crippen molar-refractivity contribution < 1.29 is 0 Å². The van der Waals surface area contributed by atoms with E-state index in [2.05, 4.69) is 143 Å². The molecule has 0 aliphatic carbocycles. The van der Waals surface area contributed by atoms with Gasteiger partial charge in [-0.2, -0.15) is 0 Å². The predicted molar refractivity (Wildman–Crippen MR) is 182 cm³/mol. The number of fused-ring (bicyclic) bond motifs is 4. The molecule has 0 unspecified atom stereocenters. The van der Waals surface area contributed by atoms with Gasteiger partial charge < -0.3 is 0 Å². The zero-order chi connectivity index (χ0) is 29.1. The van der Waals surface area contributed by atoms with Gasteiger partial charge in [0.1, 0.15) is 5.82 Å². The van der Waals surface area contributed by atoms with Crippen molar-refractivity contribution in [1.82, 2.24) is 9.55 Å². The van der Waals surface area contributed by atoms with E-state index in [9.17, 15) is 0 Å². The Hall–Kier alpha value is -4.21. The van der Waals surface area contributed by atoms with Crippen molar-refractivity contribution in [2.75, 3.05) is 0 Å². The summed E-state index contributed by atoms with van der Waals surface area (Å²) in [7, 11) is 0. The molecule has 0 N–H and O–H groups in total. The first-order valence-electron chi connectivity index (χ1n) is 15.0. The Morgan fingerprint density at radius 2 is 1.31 bits per heavy atom. The summed E-state index contributed by atoms with van der Waals surface area (Å²) in [4.78, 5) is 5.38. The minimum absolute atomic E-state index is 0.334. The molecule has 0 saturated heterocycles. The van der Waals surface area contributed by atoms with Gasteiger partial charge in [0.2, 0.25) is 0 Å². The number of aryl methyl sites for hydroxylation is 2. The molecule has 42 heavy (non-hydrogen) atoms. The zero-order valence-corrected chi connectivity index (χ0v) is 26.0. The number of imidazole rings is 1. The van der Waals surface area contributed by atoms with Crippen molar-refractivity contribution in [2.24, 2.45) is 0 Å². The standard InChI is InChI=1S/C39H36N2S/c1-23(2)31-21-28(27-13-8-7-9-14-27)22-32(24(3)4)36(31)41-34-18-11-10-17-33(34)40-39(41)30-16-12-15-29-35-25(5)19-20-26(6)37(35)42-38(29)30/h7-24H,1-6H3. The SMILES string of the molecule is Cc1ccc(C)c2c1sc1c(-c3nc4ccccc4n3-c3c(C(C)C)cc(-c4ccccc4)cc3C(C)C)cccc12. The van der Waals surface area contributed by atoms with Crippen molar-refractivity contribution in [3.63, 3.8) is 0 Å². The van der Waals surface area contributed by atoms with Crippen molar-refractivity contribution in [3.05, 3.63) is 119 Å². The molecule has 0 radical (unpaired) electrons. The highest BCUT2D eigenvalue weighted by molar-refractivity contribution is 7.26. The summed E-state index contributed by atoms with van der Waals surface area (Å²) in [5.41, 5.74) is 12.5. The molecule has 2 nitrogen and oxygen atoms in total. The van der Waals surface area contributed by atoms with Crippen molar-refractivity contribution in [1.29, 1.82) is 0 Å². The molecule has 0 fully saturated rings. The van der Waals surface area contributed by atoms with Crippen LogP contribution in [0.2, 0.25) is 0 Å². The largest absolute Gasteiger partial charge is 0.292 e. The van der Waals surface area contributed by atoms with Crippen LogP contribution in [-0.2, 0) is 0 Å². The second-order valence-corrected chi connectivity index (χ2v) is 13.1. The van der Waals surface area contributed by atoms with Gasteiger partial charge in [-0.1, -0.05) is 94.4 Å². The fourth-order valence-electron chi connectivity index (χ4n) is 6.42. The second kappa shape index (κ2) is 10.3. The van der Waals surface area contributed by atoms with Gasteiger partial charge in [0, 0.05) is 25.7 Å². The number of aromatic nitrogens is 2. The van der Waals surface area contributed by atoms with Crippen LogP contribution in [-0.4, -0.2) is 9.55 Å². The van der Waals surface area contributed by atoms with E-state index in [4.69, 9.17) is 4.98 Å². The number of thiophene rings is 1. The number of nitrogens with zero attached hydrogens (tertiary/aromatic N) is 2. The monoisotopic (exact) mass is 564 g/mol. The van der Waals surface area contributed by atoms with Crippen LogP contribution in [0, 0.1) is 13.8 Å². The first-order chi connectivity index (χ1) is 20.3. The number of rotatable bonds is 5. The summed E-state index contributed by atoms with van der Waals surface area (Å²) in [6.07, 6.45) is 0. The lowest BCUT2D eigenvalue weighted by Gasteiger charge is -2.24. The lowest BCUT2D eigenvalue weighted by atomic mass is 9.88. The maximum Gasteiger partial charge on any atom is 0.147 e. The maximum atomic E-state index is 5.38. The van der Waals surface area contributed by atoms with E-state index in [1.165, 1.54) is 64.8 Å². The average Bonchev–Trinajstić information content (AvgIpc) is 3.58. The van der Waals surface area contributed by atoms with Crippen molar-refractivity contribution in [3.8, 4) is 28.2 Å². The molecule has 2 aromatic heterocycles. The van der Waals surface area contributed by atoms with Gasteiger partial charge in [0.25, 0.3) is 0 Å². The van der Waals surface area contributed by atoms with E-state index in [0.29, 0.717) is 11.8 Å². The summed E-state index contributed by atoms with van der Waals surface area (Å²) in [5.74, 6) is 1.68. The lowest BCUT2D eigenvalue weighted by Crippen LogP contribution is -2.09. The third-order valence-corrected chi connectivity index (χ3v) is 9.97. The molecular weight excluding hydrogens is 529 g/mol. The predicted octanol–water partition coefficient (Wildman–Crippen LogP) is 11.6. The molecule has 7 rings (SSSR count). The quantitative estimate of drug-likeness (QED) is 0.203. The van der Waals surface area contributed by atoms with E-state index in [0.717, 1.165) is 16.9 Å². The van der Waals surface area contributed by atoms with Crippen LogP contribution >= 0.6 is 11.3 Å². The van der Waals surface area contributed by atoms with E-state index >= 15 is 0 Å². The highest BCUT2D eigenvalue weighted by Crippen LogP contribution is 2.45. The number of hydrogen-bond donors (Lipinski definition) is 0. The van der Waals surface area contributed by atoms with Crippen LogP contribution in [0.5, 0.6) is 0 Å². The van der Waals surface area contributed by atoms with E-state index in [-0.39, 0.29) is 0 Å². The molecule has 208 valence electrons. The van der Waals surface area contributed by atoms with Gasteiger partial charge in [-0.25, -0.2) is 4.98 Å². The minimum atomic E-state index is 0.334. The van der Waals surface area contributed by atoms with Crippen LogP contribution in [0.15, 0.2) is 97.1 Å². The lowest BCUT2D eigenvalue weighted by molar-refractivity contribution is 0.812. The summed E-state index contributed by atoms with van der Waals surface area (Å²) in [6.45, 7) is 13.7. The molecule has 0 aliphatic rings. The van der Waals surface area contributed by atoms with E-state index in [1.54, 1.807) is 0 Å². The third-order valence-electron chi connectivity index (χ3n) is 8.60. The molecule has 5 aromatic carbocycles. The van der Waals surface area contributed by atoms with E-state index < -0.39 is 0 Å². The van der Waals surface area contributed by atoms with Crippen LogP contribution in [0.3, 0.4) is 0 Å². The molecule has 0 saturated carbocycles. The smallest absolute Gasteiger partial charge is 0.147 e. The Balaban J connectivity index is 1.60. The highest BCUT2D eigenvalue weighted by Gasteiger charge is 2.25. The van der Waals surface area contributed by atoms with Crippen molar-refractivity contribution in [2.45, 2.75) is 53.4 Å². The van der Waals surface area contributed by atoms with Gasteiger partial charge in [-0.15, -0.1) is 11.3 Å². The number of para-hydroxylation sites is 2. The fourth-order valence-corrected chi connectivity index (χ4v) is 7.78. The topological polar surface area (TPSA) is 17.8 Å². The summed E-state index contributed by atoms with van der Waals surface area (Å²) < 4.78 is 5.14. The summed E-state index contributed by atoms with van der Waals surface area (Å²) in [6, 6.07) is 35.5. The molecular formula is C39H36N2S. The number of hydrogen-bond acceptors (Lipinski definition) is 2. The van der Waals surface area contributed by atoms with Gasteiger partial charge in [-0.05, 0) is 89.4 Å². The van der Waals surface area contributed by atoms with Crippen LogP contribution in [0.25, 0.3) is 59.4 Å². The Bertz CT molecular complexity index is 2080. The summed E-state index contributed by atoms with van der Waals surface area (Å²) >= 11 is 1.91. The number of benzene rings is 5. The normalized spacial score (nSPS) is 12.0.